The van der Waals surface area contributed by atoms with Crippen LogP contribution >= 0.6 is 34.7 Å². The lowest BCUT2D eigenvalue weighted by Crippen LogP contribution is -2.23. The number of hydrogen-bond donors (Lipinski definition) is 1. The molecule has 0 saturated heterocycles. The van der Waals surface area contributed by atoms with Crippen LogP contribution in [0.2, 0.25) is 5.02 Å². The first-order chi connectivity index (χ1) is 14.3. The molecule has 6 nitrogen and oxygen atoms in total. The zero-order chi connectivity index (χ0) is 22.0. The number of carbonyl (C=O) groups is 1. The number of thiophene rings is 1. The van der Waals surface area contributed by atoms with Gasteiger partial charge < -0.3 is 10.1 Å². The number of nitrogens with zero attached hydrogens (tertiary/aromatic N) is 2. The SMILES string of the molecule is C=CCn1c(SCC(=O)Nc2cc(C)c(Cl)cc2OC)nc2sc(C)c(C)c2c1=O. The molecule has 0 spiro atoms. The van der Waals surface area contributed by atoms with Crippen molar-refractivity contribution in [2.24, 2.45) is 0 Å². The zero-order valence-electron chi connectivity index (χ0n) is 17.2. The summed E-state index contributed by atoms with van der Waals surface area (Å²) in [6.45, 7) is 9.81. The lowest BCUT2D eigenvalue weighted by molar-refractivity contribution is -0.113. The van der Waals surface area contributed by atoms with Crippen molar-refractivity contribution in [2.75, 3.05) is 18.2 Å². The van der Waals surface area contributed by atoms with Crippen molar-refractivity contribution in [3.05, 3.63) is 56.2 Å². The third kappa shape index (κ3) is 4.40. The Bertz CT molecular complexity index is 1200. The topological polar surface area (TPSA) is 73.2 Å². The average molecular weight is 464 g/mol. The predicted octanol–water partition coefficient (Wildman–Crippen LogP) is 4.96. The van der Waals surface area contributed by atoms with Gasteiger partial charge in [-0.2, -0.15) is 0 Å². The van der Waals surface area contributed by atoms with Gasteiger partial charge >= 0.3 is 0 Å². The summed E-state index contributed by atoms with van der Waals surface area (Å²) in [6.07, 6.45) is 1.65. The Morgan fingerprint density at radius 1 is 1.40 bits per heavy atom. The van der Waals surface area contributed by atoms with Gasteiger partial charge in [-0.25, -0.2) is 4.98 Å². The molecule has 0 bridgehead atoms. The van der Waals surface area contributed by atoms with Crippen LogP contribution in [-0.2, 0) is 11.3 Å². The van der Waals surface area contributed by atoms with Crippen LogP contribution in [-0.4, -0.2) is 28.3 Å². The normalized spacial score (nSPS) is 11.0. The fraction of sp³-hybridized carbons (Fsp3) is 0.286. The van der Waals surface area contributed by atoms with Gasteiger partial charge in [-0.3, -0.25) is 14.2 Å². The van der Waals surface area contributed by atoms with Gasteiger partial charge in [0.25, 0.3) is 5.56 Å². The number of thioether (sulfide) groups is 1. The summed E-state index contributed by atoms with van der Waals surface area (Å²) in [7, 11) is 1.52. The molecule has 0 atom stereocenters. The van der Waals surface area contributed by atoms with Gasteiger partial charge in [-0.05, 0) is 38.0 Å². The Kier molecular flexibility index (Phi) is 6.90. The zero-order valence-corrected chi connectivity index (χ0v) is 19.6. The molecule has 0 saturated carbocycles. The van der Waals surface area contributed by atoms with Crippen LogP contribution in [0.25, 0.3) is 10.2 Å². The van der Waals surface area contributed by atoms with Crippen molar-refractivity contribution in [3.63, 3.8) is 0 Å². The van der Waals surface area contributed by atoms with Gasteiger partial charge in [-0.1, -0.05) is 29.4 Å². The van der Waals surface area contributed by atoms with Gasteiger partial charge in [0.2, 0.25) is 5.91 Å². The maximum Gasteiger partial charge on any atom is 0.263 e. The number of hydrogen-bond acceptors (Lipinski definition) is 6. The summed E-state index contributed by atoms with van der Waals surface area (Å²) in [6, 6.07) is 3.43. The van der Waals surface area contributed by atoms with Gasteiger partial charge in [-0.15, -0.1) is 17.9 Å². The van der Waals surface area contributed by atoms with Crippen LogP contribution in [0.15, 0.2) is 34.7 Å². The number of aryl methyl sites for hydroxylation is 3. The number of anilines is 1. The number of benzene rings is 1. The molecule has 1 aromatic carbocycles. The highest BCUT2D eigenvalue weighted by molar-refractivity contribution is 7.99. The molecule has 0 radical (unpaired) electrons. The number of nitrogens with one attached hydrogen (secondary N) is 1. The molecule has 1 N–H and O–H groups in total. The molecule has 0 unspecified atom stereocenters. The van der Waals surface area contributed by atoms with E-state index in [2.05, 4.69) is 16.9 Å². The van der Waals surface area contributed by atoms with E-state index in [1.54, 1.807) is 22.8 Å². The number of allylic oxidation sites excluding steroid dienone is 1. The maximum atomic E-state index is 13.0. The third-order valence-corrected chi connectivity index (χ3v) is 7.14. The molecule has 0 aliphatic rings. The van der Waals surface area contributed by atoms with E-state index in [1.807, 2.05) is 20.8 Å². The number of ether oxygens (including phenoxy) is 1. The minimum atomic E-state index is -0.238. The summed E-state index contributed by atoms with van der Waals surface area (Å²) in [5, 5.41) is 4.52. The molecular weight excluding hydrogens is 442 g/mol. The number of fused-ring (bicyclic) bond motifs is 1. The number of rotatable bonds is 7. The summed E-state index contributed by atoms with van der Waals surface area (Å²) in [5.74, 6) is 0.332. The third-order valence-electron chi connectivity index (χ3n) is 4.65. The Morgan fingerprint density at radius 3 is 2.80 bits per heavy atom. The highest BCUT2D eigenvalue weighted by Gasteiger charge is 2.18. The van der Waals surface area contributed by atoms with Crippen molar-refractivity contribution in [1.29, 1.82) is 0 Å². The number of amides is 1. The fourth-order valence-electron chi connectivity index (χ4n) is 2.96. The predicted molar refractivity (Wildman–Crippen MR) is 126 cm³/mol. The lowest BCUT2D eigenvalue weighted by Gasteiger charge is -2.13. The smallest absolute Gasteiger partial charge is 0.263 e. The standard InChI is InChI=1S/C21H22ClN3O3S2/c1-6-7-25-20(27)18-12(3)13(4)30-19(18)24-21(25)29-10-17(26)23-15-8-11(2)14(22)9-16(15)28-5/h6,8-9H,1,7,10H2,2-5H3,(H,23,26). The van der Waals surface area contributed by atoms with Gasteiger partial charge in [0.05, 0.1) is 23.9 Å². The largest absolute Gasteiger partial charge is 0.495 e. The first kappa shape index (κ1) is 22.4. The van der Waals surface area contributed by atoms with E-state index in [0.717, 1.165) is 16.0 Å². The molecule has 1 amide bonds. The van der Waals surface area contributed by atoms with Crippen LogP contribution in [0.3, 0.4) is 0 Å². The second-order valence-electron chi connectivity index (χ2n) is 6.70. The van der Waals surface area contributed by atoms with Crippen molar-refractivity contribution >= 4 is 56.5 Å². The highest BCUT2D eigenvalue weighted by Crippen LogP contribution is 2.32. The monoisotopic (exact) mass is 463 g/mol. The number of methoxy groups -OCH3 is 1. The molecule has 158 valence electrons. The Balaban J connectivity index is 1.86. The Labute approximate surface area is 187 Å². The second-order valence-corrected chi connectivity index (χ2v) is 9.25. The van der Waals surface area contributed by atoms with Crippen LogP contribution in [0.5, 0.6) is 5.75 Å². The van der Waals surface area contributed by atoms with Crippen LogP contribution in [0.4, 0.5) is 5.69 Å². The number of aromatic nitrogens is 2. The molecular formula is C21H22ClN3O3S2. The lowest BCUT2D eigenvalue weighted by atomic mass is 10.2. The van der Waals surface area contributed by atoms with E-state index in [4.69, 9.17) is 16.3 Å². The summed E-state index contributed by atoms with van der Waals surface area (Å²) in [4.78, 5) is 32.0. The van der Waals surface area contributed by atoms with Crippen molar-refractivity contribution in [3.8, 4) is 5.75 Å². The van der Waals surface area contributed by atoms with E-state index < -0.39 is 0 Å². The van der Waals surface area contributed by atoms with Crippen molar-refractivity contribution in [1.82, 2.24) is 9.55 Å². The van der Waals surface area contributed by atoms with E-state index in [1.165, 1.54) is 30.2 Å². The number of carbonyl (C=O) groups excluding carboxylic acids is 1. The Hall–Kier alpha value is -2.29. The highest BCUT2D eigenvalue weighted by atomic mass is 35.5. The molecule has 2 heterocycles. The average Bonchev–Trinajstić information content (AvgIpc) is 2.99. The molecule has 3 rings (SSSR count). The summed E-state index contributed by atoms with van der Waals surface area (Å²) < 4.78 is 6.85. The Morgan fingerprint density at radius 2 is 2.13 bits per heavy atom. The molecule has 0 aliphatic carbocycles. The molecule has 9 heteroatoms. The minimum Gasteiger partial charge on any atom is -0.495 e. The number of halogens is 1. The quantitative estimate of drug-likeness (QED) is 0.304. The molecule has 2 aromatic heterocycles. The first-order valence-electron chi connectivity index (χ1n) is 9.15. The van der Waals surface area contributed by atoms with E-state index >= 15 is 0 Å². The van der Waals surface area contributed by atoms with Gasteiger partial charge in [0, 0.05) is 22.5 Å². The van der Waals surface area contributed by atoms with Crippen LogP contribution in [0.1, 0.15) is 16.0 Å². The van der Waals surface area contributed by atoms with Crippen molar-refractivity contribution < 1.29 is 9.53 Å². The summed E-state index contributed by atoms with van der Waals surface area (Å²) in [5.41, 5.74) is 2.21. The first-order valence-corrected chi connectivity index (χ1v) is 11.3. The van der Waals surface area contributed by atoms with E-state index in [0.29, 0.717) is 38.4 Å². The maximum absolute atomic E-state index is 13.0. The second kappa shape index (κ2) is 9.24. The molecule has 30 heavy (non-hydrogen) atoms. The van der Waals surface area contributed by atoms with Gasteiger partial charge in [0.15, 0.2) is 5.16 Å². The van der Waals surface area contributed by atoms with E-state index in [-0.39, 0.29) is 17.2 Å². The molecule has 3 aromatic rings. The van der Waals surface area contributed by atoms with E-state index in [9.17, 15) is 9.59 Å². The molecule has 0 fully saturated rings. The van der Waals surface area contributed by atoms with Gasteiger partial charge in [0.1, 0.15) is 10.6 Å². The van der Waals surface area contributed by atoms with Crippen LogP contribution in [0, 0.1) is 20.8 Å². The fourth-order valence-corrected chi connectivity index (χ4v) is 4.99. The van der Waals surface area contributed by atoms with Crippen LogP contribution < -0.4 is 15.6 Å². The molecule has 0 aliphatic heterocycles. The minimum absolute atomic E-state index is 0.0866. The summed E-state index contributed by atoms with van der Waals surface area (Å²) >= 11 is 8.82. The van der Waals surface area contributed by atoms with Crippen molar-refractivity contribution in [2.45, 2.75) is 32.5 Å².